The zero-order chi connectivity index (χ0) is 10.7. The van der Waals surface area contributed by atoms with Crippen LogP contribution in [-0.2, 0) is 0 Å². The fraction of sp³-hybridized carbons (Fsp3) is 0.375. The van der Waals surface area contributed by atoms with Crippen molar-refractivity contribution in [1.29, 1.82) is 0 Å². The predicted octanol–water partition coefficient (Wildman–Crippen LogP) is 1.76. The van der Waals surface area contributed by atoms with Crippen molar-refractivity contribution in [2.45, 2.75) is 19.9 Å². The lowest BCUT2D eigenvalue weighted by Crippen LogP contribution is -2.14. The molecule has 0 aliphatic rings. The lowest BCUT2D eigenvalue weighted by Gasteiger charge is -2.08. The van der Waals surface area contributed by atoms with Crippen molar-refractivity contribution in [2.24, 2.45) is 0 Å². The number of hydrogen-bond donors (Lipinski definition) is 2. The Hall–Kier alpha value is -1.17. The van der Waals surface area contributed by atoms with Gasteiger partial charge in [0.2, 0.25) is 5.95 Å². The van der Waals surface area contributed by atoms with E-state index >= 15 is 0 Å². The number of halogens is 1. The minimum atomic E-state index is -1.08. The molecular formula is C8H10BrN3O2. The van der Waals surface area contributed by atoms with Gasteiger partial charge in [0.05, 0.1) is 4.47 Å². The lowest BCUT2D eigenvalue weighted by molar-refractivity contribution is 0.0689. The van der Waals surface area contributed by atoms with Gasteiger partial charge in [-0.2, -0.15) is 0 Å². The topological polar surface area (TPSA) is 75.1 Å². The van der Waals surface area contributed by atoms with Crippen LogP contribution >= 0.6 is 15.9 Å². The highest BCUT2D eigenvalue weighted by atomic mass is 79.9. The molecule has 76 valence electrons. The normalized spacial score (nSPS) is 10.3. The molecule has 0 aliphatic carbocycles. The molecule has 0 radical (unpaired) electrons. The molecular weight excluding hydrogens is 250 g/mol. The second-order valence-corrected chi connectivity index (χ2v) is 3.85. The molecule has 0 unspecified atom stereocenters. The van der Waals surface area contributed by atoms with Gasteiger partial charge in [-0.1, -0.05) is 0 Å². The van der Waals surface area contributed by atoms with Gasteiger partial charge in [-0.15, -0.1) is 0 Å². The number of carboxylic acid groups (broad SMARTS) is 1. The van der Waals surface area contributed by atoms with Crippen molar-refractivity contribution >= 4 is 27.8 Å². The van der Waals surface area contributed by atoms with E-state index < -0.39 is 5.97 Å². The van der Waals surface area contributed by atoms with E-state index in [1.165, 1.54) is 6.20 Å². The predicted molar refractivity (Wildman–Crippen MR) is 55.5 cm³/mol. The van der Waals surface area contributed by atoms with E-state index in [2.05, 4.69) is 31.2 Å². The molecule has 1 heterocycles. The monoisotopic (exact) mass is 259 g/mol. The zero-order valence-corrected chi connectivity index (χ0v) is 9.37. The van der Waals surface area contributed by atoms with Crippen LogP contribution in [-0.4, -0.2) is 27.1 Å². The number of aromatic carboxylic acids is 1. The number of nitrogens with one attached hydrogen (secondary N) is 1. The van der Waals surface area contributed by atoms with E-state index in [9.17, 15) is 4.79 Å². The van der Waals surface area contributed by atoms with Crippen molar-refractivity contribution in [2.75, 3.05) is 5.32 Å². The average Bonchev–Trinajstić information content (AvgIpc) is 2.07. The van der Waals surface area contributed by atoms with Crippen LogP contribution in [0.15, 0.2) is 10.7 Å². The van der Waals surface area contributed by atoms with E-state index in [1.807, 2.05) is 13.8 Å². The molecule has 1 rings (SSSR count). The Morgan fingerprint density at radius 3 is 2.79 bits per heavy atom. The SMILES string of the molecule is CC(C)Nc1ncc(Br)c(C(=O)O)n1. The van der Waals surface area contributed by atoms with Crippen LogP contribution in [0.25, 0.3) is 0 Å². The molecule has 0 atom stereocenters. The van der Waals surface area contributed by atoms with Gasteiger partial charge >= 0.3 is 5.97 Å². The maximum Gasteiger partial charge on any atom is 0.355 e. The minimum Gasteiger partial charge on any atom is -0.476 e. The van der Waals surface area contributed by atoms with E-state index in [1.54, 1.807) is 0 Å². The summed E-state index contributed by atoms with van der Waals surface area (Å²) in [6.45, 7) is 3.84. The molecule has 0 fully saturated rings. The second kappa shape index (κ2) is 4.36. The summed E-state index contributed by atoms with van der Waals surface area (Å²) >= 11 is 3.06. The first-order chi connectivity index (χ1) is 6.50. The molecule has 14 heavy (non-hydrogen) atoms. The highest BCUT2D eigenvalue weighted by Crippen LogP contribution is 2.15. The van der Waals surface area contributed by atoms with Gasteiger partial charge in [-0.25, -0.2) is 14.8 Å². The number of anilines is 1. The van der Waals surface area contributed by atoms with Gasteiger partial charge in [0.15, 0.2) is 5.69 Å². The fourth-order valence-corrected chi connectivity index (χ4v) is 1.21. The van der Waals surface area contributed by atoms with Crippen LogP contribution in [0, 0.1) is 0 Å². The molecule has 6 heteroatoms. The van der Waals surface area contributed by atoms with Gasteiger partial charge in [0.1, 0.15) is 0 Å². The summed E-state index contributed by atoms with van der Waals surface area (Å²) in [6.07, 6.45) is 1.42. The van der Waals surface area contributed by atoms with E-state index in [0.717, 1.165) is 0 Å². The summed E-state index contributed by atoms with van der Waals surface area (Å²) in [5, 5.41) is 11.7. The molecule has 0 spiro atoms. The van der Waals surface area contributed by atoms with Crippen LogP contribution in [0.2, 0.25) is 0 Å². The Morgan fingerprint density at radius 1 is 1.64 bits per heavy atom. The Morgan fingerprint density at radius 2 is 2.29 bits per heavy atom. The summed E-state index contributed by atoms with van der Waals surface area (Å²) in [5.41, 5.74) is -0.0387. The number of hydrogen-bond acceptors (Lipinski definition) is 4. The van der Waals surface area contributed by atoms with Crippen molar-refractivity contribution in [3.05, 3.63) is 16.4 Å². The van der Waals surface area contributed by atoms with E-state index in [-0.39, 0.29) is 11.7 Å². The molecule has 0 saturated carbocycles. The maximum absolute atomic E-state index is 10.7. The first kappa shape index (κ1) is 10.9. The maximum atomic E-state index is 10.7. The van der Waals surface area contributed by atoms with Crippen molar-refractivity contribution in [3.8, 4) is 0 Å². The summed E-state index contributed by atoms with van der Waals surface area (Å²) in [7, 11) is 0. The number of rotatable bonds is 3. The van der Waals surface area contributed by atoms with Gasteiger partial charge in [-0.05, 0) is 29.8 Å². The number of nitrogens with zero attached hydrogens (tertiary/aromatic N) is 2. The summed E-state index contributed by atoms with van der Waals surface area (Å²) < 4.78 is 0.374. The Balaban J connectivity index is 3.00. The Kier molecular flexibility index (Phi) is 3.40. The largest absolute Gasteiger partial charge is 0.476 e. The van der Waals surface area contributed by atoms with Crippen LogP contribution in [0.5, 0.6) is 0 Å². The molecule has 1 aromatic heterocycles. The first-order valence-corrected chi connectivity index (χ1v) is 4.82. The number of carboxylic acids is 1. The molecule has 5 nitrogen and oxygen atoms in total. The van der Waals surface area contributed by atoms with Gasteiger partial charge in [0, 0.05) is 12.2 Å². The first-order valence-electron chi connectivity index (χ1n) is 4.03. The summed E-state index contributed by atoms with van der Waals surface area (Å²) in [4.78, 5) is 18.5. The lowest BCUT2D eigenvalue weighted by atomic mass is 10.4. The van der Waals surface area contributed by atoms with Crippen LogP contribution in [0.4, 0.5) is 5.95 Å². The minimum absolute atomic E-state index is 0.0387. The van der Waals surface area contributed by atoms with Gasteiger partial charge in [-0.3, -0.25) is 0 Å². The average molecular weight is 260 g/mol. The standard InChI is InChI=1S/C8H10BrN3O2/c1-4(2)11-8-10-3-5(9)6(12-8)7(13)14/h3-4H,1-2H3,(H,13,14)(H,10,11,12). The number of aromatic nitrogens is 2. The summed E-state index contributed by atoms with van der Waals surface area (Å²) in [6, 6.07) is 0.165. The molecule has 2 N–H and O–H groups in total. The Labute approximate surface area is 89.7 Å². The molecule has 0 amide bonds. The van der Waals surface area contributed by atoms with Crippen molar-refractivity contribution in [3.63, 3.8) is 0 Å². The Bertz CT molecular complexity index is 354. The van der Waals surface area contributed by atoms with Crippen LogP contribution in [0.3, 0.4) is 0 Å². The zero-order valence-electron chi connectivity index (χ0n) is 7.78. The molecule has 0 saturated heterocycles. The van der Waals surface area contributed by atoms with Crippen LogP contribution < -0.4 is 5.32 Å². The third-order valence-corrected chi connectivity index (χ3v) is 1.94. The summed E-state index contributed by atoms with van der Waals surface area (Å²) in [5.74, 6) is -0.758. The molecule has 1 aromatic rings. The molecule has 0 bridgehead atoms. The van der Waals surface area contributed by atoms with E-state index in [0.29, 0.717) is 10.4 Å². The highest BCUT2D eigenvalue weighted by molar-refractivity contribution is 9.10. The quantitative estimate of drug-likeness (QED) is 0.866. The van der Waals surface area contributed by atoms with Crippen molar-refractivity contribution < 1.29 is 9.90 Å². The second-order valence-electron chi connectivity index (χ2n) is 2.99. The highest BCUT2D eigenvalue weighted by Gasteiger charge is 2.12. The molecule has 0 aromatic carbocycles. The number of carbonyl (C=O) groups is 1. The van der Waals surface area contributed by atoms with Gasteiger partial charge < -0.3 is 10.4 Å². The molecule has 0 aliphatic heterocycles. The van der Waals surface area contributed by atoms with Gasteiger partial charge in [0.25, 0.3) is 0 Å². The fourth-order valence-electron chi connectivity index (χ4n) is 0.845. The smallest absolute Gasteiger partial charge is 0.355 e. The van der Waals surface area contributed by atoms with E-state index in [4.69, 9.17) is 5.11 Å². The van der Waals surface area contributed by atoms with Crippen molar-refractivity contribution in [1.82, 2.24) is 9.97 Å². The van der Waals surface area contributed by atoms with Crippen LogP contribution in [0.1, 0.15) is 24.3 Å². The third-order valence-electron chi connectivity index (χ3n) is 1.36. The third kappa shape index (κ3) is 2.66.